The van der Waals surface area contributed by atoms with Crippen LogP contribution in [0.4, 0.5) is 0 Å². The van der Waals surface area contributed by atoms with Crippen LogP contribution >= 0.6 is 24.0 Å². The minimum atomic E-state index is -0.274. The highest BCUT2D eigenvalue weighted by Gasteiger charge is 2.39. The van der Waals surface area contributed by atoms with Crippen LogP contribution in [0, 0.1) is 5.92 Å². The van der Waals surface area contributed by atoms with Gasteiger partial charge in [-0.3, -0.25) is 19.3 Å². The molecule has 7 nitrogen and oxygen atoms in total. The van der Waals surface area contributed by atoms with Gasteiger partial charge in [0.05, 0.1) is 11.2 Å². The van der Waals surface area contributed by atoms with E-state index in [-0.39, 0.29) is 35.8 Å². The Kier molecular flexibility index (Phi) is 4.86. The maximum atomic E-state index is 13.0. The summed E-state index contributed by atoms with van der Waals surface area (Å²) in [5.74, 6) is 0.557. The Morgan fingerprint density at radius 3 is 2.87 bits per heavy atom. The number of nitrogens with zero attached hydrogens (tertiary/aromatic N) is 3. The summed E-state index contributed by atoms with van der Waals surface area (Å²) in [5.41, 5.74) is 1.01. The molecule has 5 rings (SSSR count). The van der Waals surface area contributed by atoms with Crippen LogP contribution in [-0.4, -0.2) is 50.1 Å². The number of pyridine rings is 1. The van der Waals surface area contributed by atoms with Crippen molar-refractivity contribution >= 4 is 46.2 Å². The van der Waals surface area contributed by atoms with Crippen molar-refractivity contribution < 1.29 is 14.0 Å². The SMILES string of the molecule is O=C(CN1C(=O)/C(=C/c2ccco2)SC1=S)N1CC2CC(C1)c1cccc(=O)n1C2. The molecule has 2 aromatic heterocycles. The number of carbonyl (C=O) groups is 2. The normalized spacial score (nSPS) is 24.5. The molecule has 0 radical (unpaired) electrons. The quantitative estimate of drug-likeness (QED) is 0.537. The summed E-state index contributed by atoms with van der Waals surface area (Å²) >= 11 is 6.52. The highest BCUT2D eigenvalue weighted by atomic mass is 32.2. The van der Waals surface area contributed by atoms with Crippen molar-refractivity contribution in [2.75, 3.05) is 19.6 Å². The van der Waals surface area contributed by atoms with Gasteiger partial charge < -0.3 is 13.9 Å². The highest BCUT2D eigenvalue weighted by molar-refractivity contribution is 8.26. The van der Waals surface area contributed by atoms with Gasteiger partial charge in [0.15, 0.2) is 0 Å². The van der Waals surface area contributed by atoms with Crippen molar-refractivity contribution in [3.05, 3.63) is 63.3 Å². The molecule has 154 valence electrons. The molecule has 2 unspecified atom stereocenters. The maximum Gasteiger partial charge on any atom is 0.266 e. The van der Waals surface area contributed by atoms with Gasteiger partial charge in [-0.15, -0.1) is 0 Å². The van der Waals surface area contributed by atoms with Gasteiger partial charge in [0, 0.05) is 43.4 Å². The van der Waals surface area contributed by atoms with Crippen molar-refractivity contribution in [1.82, 2.24) is 14.4 Å². The van der Waals surface area contributed by atoms with Gasteiger partial charge in [-0.1, -0.05) is 30.0 Å². The van der Waals surface area contributed by atoms with Crippen molar-refractivity contribution in [2.24, 2.45) is 5.92 Å². The standard InChI is InChI=1S/C21H19N3O4S2/c25-18-5-1-4-16-14-7-13(10-23(16)18)9-22(11-14)19(26)12-24-20(27)17(30-21(24)29)8-15-3-2-6-28-15/h1-6,8,13-14H,7,9-12H2/b17-8-. The lowest BCUT2D eigenvalue weighted by Gasteiger charge is -2.43. The van der Waals surface area contributed by atoms with Gasteiger partial charge in [-0.05, 0) is 30.5 Å². The largest absolute Gasteiger partial charge is 0.465 e. The van der Waals surface area contributed by atoms with E-state index in [1.54, 1.807) is 30.3 Å². The fraction of sp³-hybridized carbons (Fsp3) is 0.333. The first kappa shape index (κ1) is 19.3. The summed E-state index contributed by atoms with van der Waals surface area (Å²) in [6.45, 7) is 1.70. The fourth-order valence-corrected chi connectivity index (χ4v) is 5.71. The Morgan fingerprint density at radius 2 is 2.07 bits per heavy atom. The number of likely N-dealkylation sites (tertiary alicyclic amines) is 1. The van der Waals surface area contributed by atoms with Gasteiger partial charge in [0.1, 0.15) is 16.6 Å². The van der Waals surface area contributed by atoms with Crippen molar-refractivity contribution in [2.45, 2.75) is 18.9 Å². The molecule has 0 aliphatic carbocycles. The molecule has 2 amide bonds. The van der Waals surface area contributed by atoms with Gasteiger partial charge in [-0.2, -0.15) is 0 Å². The van der Waals surface area contributed by atoms with E-state index in [0.29, 0.717) is 34.6 Å². The first-order valence-corrected chi connectivity index (χ1v) is 11.0. The number of hydrogen-bond donors (Lipinski definition) is 0. The maximum absolute atomic E-state index is 13.0. The summed E-state index contributed by atoms with van der Waals surface area (Å²) in [6, 6.07) is 8.83. The van der Waals surface area contributed by atoms with Crippen LogP contribution in [0.15, 0.2) is 50.7 Å². The van der Waals surface area contributed by atoms with Crippen LogP contribution in [0.5, 0.6) is 0 Å². The van der Waals surface area contributed by atoms with E-state index in [0.717, 1.165) is 12.1 Å². The van der Waals surface area contributed by atoms with Crippen LogP contribution in [0.25, 0.3) is 6.08 Å². The molecule has 2 saturated heterocycles. The summed E-state index contributed by atoms with van der Waals surface area (Å²) in [7, 11) is 0. The minimum Gasteiger partial charge on any atom is -0.465 e. The molecule has 5 heterocycles. The third kappa shape index (κ3) is 3.41. The summed E-state index contributed by atoms with van der Waals surface area (Å²) in [5, 5.41) is 0. The van der Waals surface area contributed by atoms with Crippen LogP contribution in [0.2, 0.25) is 0 Å². The first-order valence-electron chi connectivity index (χ1n) is 9.76. The third-order valence-corrected chi connectivity index (χ3v) is 7.19. The fourth-order valence-electron chi connectivity index (χ4n) is 4.47. The summed E-state index contributed by atoms with van der Waals surface area (Å²) < 4.78 is 7.48. The summed E-state index contributed by atoms with van der Waals surface area (Å²) in [4.78, 5) is 41.6. The predicted octanol–water partition coefficient (Wildman–Crippen LogP) is 2.29. The lowest BCUT2D eigenvalue weighted by molar-refractivity contribution is -0.137. The van der Waals surface area contributed by atoms with Crippen LogP contribution < -0.4 is 5.56 Å². The molecule has 0 spiro atoms. The smallest absolute Gasteiger partial charge is 0.266 e. The van der Waals surface area contributed by atoms with Crippen LogP contribution in [-0.2, 0) is 16.1 Å². The van der Waals surface area contributed by atoms with Crippen molar-refractivity contribution in [3.63, 3.8) is 0 Å². The Labute approximate surface area is 182 Å². The molecule has 0 N–H and O–H groups in total. The molecule has 2 bridgehead atoms. The number of thiocarbonyl (C=S) groups is 1. The second-order valence-electron chi connectivity index (χ2n) is 7.78. The van der Waals surface area contributed by atoms with E-state index in [2.05, 4.69) is 0 Å². The molecule has 2 fully saturated rings. The van der Waals surface area contributed by atoms with E-state index < -0.39 is 0 Å². The Bertz CT molecular complexity index is 1120. The topological polar surface area (TPSA) is 75.8 Å². The number of thioether (sulfide) groups is 1. The average Bonchev–Trinajstić information content (AvgIpc) is 3.33. The molecule has 3 aliphatic rings. The monoisotopic (exact) mass is 441 g/mol. The van der Waals surface area contributed by atoms with Gasteiger partial charge in [0.25, 0.3) is 11.5 Å². The first-order chi connectivity index (χ1) is 14.5. The van der Waals surface area contributed by atoms with E-state index in [9.17, 15) is 14.4 Å². The number of aromatic nitrogens is 1. The Hall–Kier alpha value is -2.65. The zero-order valence-corrected chi connectivity index (χ0v) is 17.7. The zero-order valence-electron chi connectivity index (χ0n) is 16.0. The molecule has 0 saturated carbocycles. The van der Waals surface area contributed by atoms with E-state index in [4.69, 9.17) is 16.6 Å². The molecule has 30 heavy (non-hydrogen) atoms. The Balaban J connectivity index is 1.30. The number of rotatable bonds is 3. The molecule has 0 aromatic carbocycles. The van der Waals surface area contributed by atoms with Crippen molar-refractivity contribution in [1.29, 1.82) is 0 Å². The number of hydrogen-bond acceptors (Lipinski definition) is 6. The van der Waals surface area contributed by atoms with Crippen molar-refractivity contribution in [3.8, 4) is 0 Å². The number of fused-ring (bicyclic) bond motifs is 4. The van der Waals surface area contributed by atoms with E-state index >= 15 is 0 Å². The summed E-state index contributed by atoms with van der Waals surface area (Å²) in [6.07, 6.45) is 4.15. The van der Waals surface area contributed by atoms with Gasteiger partial charge in [0.2, 0.25) is 5.91 Å². The number of furan rings is 1. The number of carbonyl (C=O) groups excluding carboxylic acids is 2. The average molecular weight is 442 g/mol. The van der Waals surface area contributed by atoms with E-state index in [1.807, 2.05) is 15.5 Å². The molecular formula is C21H19N3O4S2. The number of amides is 2. The zero-order chi connectivity index (χ0) is 20.8. The predicted molar refractivity (Wildman–Crippen MR) is 117 cm³/mol. The molecule has 2 aromatic rings. The van der Waals surface area contributed by atoms with E-state index in [1.165, 1.54) is 22.9 Å². The second-order valence-corrected chi connectivity index (χ2v) is 9.46. The lowest BCUT2D eigenvalue weighted by atomic mass is 9.83. The van der Waals surface area contributed by atoms with Gasteiger partial charge >= 0.3 is 0 Å². The Morgan fingerprint density at radius 1 is 1.20 bits per heavy atom. The second kappa shape index (κ2) is 7.55. The van der Waals surface area contributed by atoms with Crippen LogP contribution in [0.3, 0.4) is 0 Å². The van der Waals surface area contributed by atoms with Gasteiger partial charge in [-0.25, -0.2) is 0 Å². The molecule has 9 heteroatoms. The third-order valence-electron chi connectivity index (χ3n) is 5.82. The van der Waals surface area contributed by atoms with Crippen LogP contribution in [0.1, 0.15) is 23.8 Å². The number of piperidine rings is 1. The molecule has 3 aliphatic heterocycles. The highest BCUT2D eigenvalue weighted by Crippen LogP contribution is 2.36. The molecular weight excluding hydrogens is 422 g/mol. The lowest BCUT2D eigenvalue weighted by Crippen LogP contribution is -2.51. The minimum absolute atomic E-state index is 0.0166. The molecule has 2 atom stereocenters.